The highest BCUT2D eigenvalue weighted by Crippen LogP contribution is 2.16. The van der Waals surface area contributed by atoms with Crippen molar-refractivity contribution >= 4 is 17.9 Å². The number of hydrogen-bond acceptors (Lipinski definition) is 6. The van der Waals surface area contributed by atoms with Crippen LogP contribution in [0, 0.1) is 0 Å². The van der Waals surface area contributed by atoms with Crippen LogP contribution in [-0.4, -0.2) is 37.2 Å². The van der Waals surface area contributed by atoms with E-state index in [9.17, 15) is 14.4 Å². The molecule has 0 aromatic carbocycles. The van der Waals surface area contributed by atoms with E-state index in [0.29, 0.717) is 19.3 Å². The first-order chi connectivity index (χ1) is 35.5. The molecule has 0 aliphatic carbocycles. The molecule has 1 unspecified atom stereocenters. The molecule has 0 N–H and O–H groups in total. The molecule has 6 heteroatoms. The monoisotopic (exact) mass is 1000 g/mol. The molecule has 414 valence electrons. The third-order valence-electron chi connectivity index (χ3n) is 13.1. The van der Waals surface area contributed by atoms with E-state index in [1.165, 1.54) is 141 Å². The zero-order chi connectivity index (χ0) is 52.2. The molecular weight excluding hydrogens is 889 g/mol. The van der Waals surface area contributed by atoms with Crippen LogP contribution >= 0.6 is 0 Å². The van der Waals surface area contributed by atoms with Crippen LogP contribution in [0.15, 0.2) is 85.1 Å². The van der Waals surface area contributed by atoms with Crippen LogP contribution in [-0.2, 0) is 28.6 Å². The van der Waals surface area contributed by atoms with E-state index in [1.54, 1.807) is 0 Å². The second-order valence-electron chi connectivity index (χ2n) is 20.2. The fourth-order valence-electron chi connectivity index (χ4n) is 8.56. The van der Waals surface area contributed by atoms with Crippen molar-refractivity contribution in [2.24, 2.45) is 0 Å². The van der Waals surface area contributed by atoms with Gasteiger partial charge in [0.1, 0.15) is 13.2 Å². The lowest BCUT2D eigenvalue weighted by molar-refractivity contribution is -0.167. The van der Waals surface area contributed by atoms with Gasteiger partial charge in [0.05, 0.1) is 0 Å². The summed E-state index contributed by atoms with van der Waals surface area (Å²) in [6.07, 6.45) is 78.9. The maximum Gasteiger partial charge on any atom is 0.306 e. The number of rotatable bonds is 55. The lowest BCUT2D eigenvalue weighted by Gasteiger charge is -2.18. The molecule has 1 atom stereocenters. The number of allylic oxidation sites excluding steroid dienone is 14. The maximum absolute atomic E-state index is 12.8. The van der Waals surface area contributed by atoms with E-state index in [4.69, 9.17) is 14.2 Å². The Bertz CT molecular complexity index is 1380. The van der Waals surface area contributed by atoms with Crippen LogP contribution in [0.5, 0.6) is 0 Å². The Balaban J connectivity index is 4.09. The van der Waals surface area contributed by atoms with Crippen molar-refractivity contribution in [3.63, 3.8) is 0 Å². The van der Waals surface area contributed by atoms with Crippen molar-refractivity contribution in [2.75, 3.05) is 13.2 Å². The second-order valence-corrected chi connectivity index (χ2v) is 20.2. The zero-order valence-corrected chi connectivity index (χ0v) is 47.4. The highest BCUT2D eigenvalue weighted by atomic mass is 16.6. The zero-order valence-electron chi connectivity index (χ0n) is 47.4. The molecule has 0 bridgehead atoms. The van der Waals surface area contributed by atoms with Gasteiger partial charge in [0.25, 0.3) is 0 Å². The highest BCUT2D eigenvalue weighted by molar-refractivity contribution is 5.71. The van der Waals surface area contributed by atoms with Gasteiger partial charge in [-0.25, -0.2) is 0 Å². The average Bonchev–Trinajstić information content (AvgIpc) is 3.38. The Morgan fingerprint density at radius 1 is 0.292 bits per heavy atom. The summed E-state index contributed by atoms with van der Waals surface area (Å²) in [5, 5.41) is 0. The van der Waals surface area contributed by atoms with E-state index >= 15 is 0 Å². The van der Waals surface area contributed by atoms with Gasteiger partial charge in [-0.3, -0.25) is 14.4 Å². The molecule has 0 aliphatic rings. The average molecular weight is 1000 g/mol. The molecule has 0 aromatic heterocycles. The molecule has 72 heavy (non-hydrogen) atoms. The van der Waals surface area contributed by atoms with Gasteiger partial charge in [-0.15, -0.1) is 0 Å². The third kappa shape index (κ3) is 57.5. The minimum atomic E-state index is -0.780. The lowest BCUT2D eigenvalue weighted by atomic mass is 10.0. The van der Waals surface area contributed by atoms with E-state index in [2.05, 4.69) is 106 Å². The van der Waals surface area contributed by atoms with Crippen LogP contribution in [0.4, 0.5) is 0 Å². The largest absolute Gasteiger partial charge is 0.462 e. The smallest absolute Gasteiger partial charge is 0.306 e. The van der Waals surface area contributed by atoms with Crippen LogP contribution in [0.2, 0.25) is 0 Å². The Morgan fingerprint density at radius 2 is 0.542 bits per heavy atom. The topological polar surface area (TPSA) is 78.9 Å². The maximum atomic E-state index is 12.8. The molecule has 0 amide bonds. The summed E-state index contributed by atoms with van der Waals surface area (Å²) in [7, 11) is 0. The van der Waals surface area contributed by atoms with Crippen molar-refractivity contribution in [1.29, 1.82) is 0 Å². The predicted octanol–water partition coefficient (Wildman–Crippen LogP) is 20.7. The molecule has 0 heterocycles. The van der Waals surface area contributed by atoms with Crippen molar-refractivity contribution in [3.8, 4) is 0 Å². The summed E-state index contributed by atoms with van der Waals surface area (Å²) >= 11 is 0. The number of carbonyl (C=O) groups is 3. The van der Waals surface area contributed by atoms with E-state index < -0.39 is 6.10 Å². The van der Waals surface area contributed by atoms with E-state index in [1.807, 2.05) is 0 Å². The van der Waals surface area contributed by atoms with Crippen molar-refractivity contribution in [3.05, 3.63) is 85.1 Å². The molecule has 0 rings (SSSR count). The molecule has 0 saturated carbocycles. The first-order valence-electron chi connectivity index (χ1n) is 30.6. The number of ether oxygens (including phenoxy) is 3. The fourth-order valence-corrected chi connectivity index (χ4v) is 8.56. The van der Waals surface area contributed by atoms with Crippen LogP contribution in [0.3, 0.4) is 0 Å². The summed E-state index contributed by atoms with van der Waals surface area (Å²) in [5.74, 6) is -0.889. The van der Waals surface area contributed by atoms with Gasteiger partial charge in [-0.05, 0) is 96.3 Å². The minimum absolute atomic E-state index is 0.0789. The Morgan fingerprint density at radius 3 is 0.875 bits per heavy atom. The van der Waals surface area contributed by atoms with Gasteiger partial charge in [0, 0.05) is 19.3 Å². The molecule has 0 radical (unpaired) electrons. The Labute approximate surface area is 445 Å². The second kappa shape index (κ2) is 60.1. The van der Waals surface area contributed by atoms with Gasteiger partial charge in [-0.1, -0.05) is 266 Å². The summed E-state index contributed by atoms with van der Waals surface area (Å²) in [6, 6.07) is 0. The molecule has 0 saturated heterocycles. The van der Waals surface area contributed by atoms with Crippen LogP contribution in [0.1, 0.15) is 297 Å². The minimum Gasteiger partial charge on any atom is -0.462 e. The van der Waals surface area contributed by atoms with Gasteiger partial charge in [-0.2, -0.15) is 0 Å². The summed E-state index contributed by atoms with van der Waals surface area (Å²) in [6.45, 7) is 6.48. The van der Waals surface area contributed by atoms with Crippen LogP contribution in [0.25, 0.3) is 0 Å². The standard InChI is InChI=1S/C66H114O6/c1-4-7-10-13-16-19-21-23-25-26-27-28-29-30-31-32-33-34-35-36-37-38-39-40-42-43-45-47-50-53-56-59-65(68)71-62-63(61-70-64(67)58-55-52-49-18-15-12-9-6-3)72-66(69)60-57-54-51-48-46-44-41-24-22-20-17-14-11-8-5-2/h7,10,16-17,19-20,23-25,27-28,30-31,41,63H,4-6,8-9,11-15,18,21-22,26,29,32-40,42-62H2,1-3H3/b10-7-,19-16-,20-17-,25-23-,28-27-,31-30-,41-24-. The molecular formula is C66H114O6. The Hall–Kier alpha value is -3.41. The predicted molar refractivity (Wildman–Crippen MR) is 311 cm³/mol. The van der Waals surface area contributed by atoms with E-state index in [-0.39, 0.29) is 31.1 Å². The normalized spacial score (nSPS) is 12.7. The number of esters is 3. The summed E-state index contributed by atoms with van der Waals surface area (Å²) in [4.78, 5) is 38.0. The number of unbranched alkanes of at least 4 members (excludes halogenated alkanes) is 30. The van der Waals surface area contributed by atoms with E-state index in [0.717, 1.165) is 116 Å². The summed E-state index contributed by atoms with van der Waals surface area (Å²) < 4.78 is 16.8. The fraction of sp³-hybridized carbons (Fsp3) is 0.742. The first kappa shape index (κ1) is 68.6. The van der Waals surface area contributed by atoms with Crippen molar-refractivity contribution in [2.45, 2.75) is 303 Å². The van der Waals surface area contributed by atoms with Crippen molar-refractivity contribution < 1.29 is 28.6 Å². The third-order valence-corrected chi connectivity index (χ3v) is 13.1. The van der Waals surface area contributed by atoms with Gasteiger partial charge in [0.2, 0.25) is 0 Å². The molecule has 0 aromatic rings. The number of hydrogen-bond donors (Lipinski definition) is 0. The van der Waals surface area contributed by atoms with Gasteiger partial charge in [0.15, 0.2) is 6.10 Å². The van der Waals surface area contributed by atoms with Gasteiger partial charge < -0.3 is 14.2 Å². The van der Waals surface area contributed by atoms with Crippen molar-refractivity contribution in [1.82, 2.24) is 0 Å². The molecule has 6 nitrogen and oxygen atoms in total. The summed E-state index contributed by atoms with van der Waals surface area (Å²) in [5.41, 5.74) is 0. The van der Waals surface area contributed by atoms with Crippen LogP contribution < -0.4 is 0 Å². The quantitative estimate of drug-likeness (QED) is 0.0261. The van der Waals surface area contributed by atoms with Gasteiger partial charge >= 0.3 is 17.9 Å². The molecule has 0 aliphatic heterocycles. The molecule has 0 spiro atoms. The molecule has 0 fully saturated rings. The number of carbonyl (C=O) groups excluding carboxylic acids is 3. The lowest BCUT2D eigenvalue weighted by Crippen LogP contribution is -2.30. The highest BCUT2D eigenvalue weighted by Gasteiger charge is 2.19. The first-order valence-corrected chi connectivity index (χ1v) is 30.6. The SMILES string of the molecule is CC/C=C\C/C=C\C/C=C\C/C=C\C/C=C\CCCCCCCCCCCCCCCCCC(=O)OCC(COC(=O)CCCCCCCCCC)OC(=O)CCCCCCC/C=C\C/C=C\CCCCC. The Kier molecular flexibility index (Phi) is 57.3.